The van der Waals surface area contributed by atoms with Gasteiger partial charge in [-0.1, -0.05) is 12.1 Å². The third-order valence-electron chi connectivity index (χ3n) is 3.96. The summed E-state index contributed by atoms with van der Waals surface area (Å²) in [5.41, 5.74) is 7.69. The smallest absolute Gasteiger partial charge is 0.244 e. The van der Waals surface area contributed by atoms with Gasteiger partial charge in [-0.15, -0.1) is 24.8 Å². The normalized spacial score (nSPS) is 15.8. The van der Waals surface area contributed by atoms with E-state index in [1.54, 1.807) is 18.3 Å². The second-order valence-corrected chi connectivity index (χ2v) is 7.55. The van der Waals surface area contributed by atoms with E-state index in [9.17, 15) is 8.42 Å². The van der Waals surface area contributed by atoms with Crippen molar-refractivity contribution in [2.75, 3.05) is 31.9 Å². The highest BCUT2D eigenvalue weighted by atomic mass is 35.5. The van der Waals surface area contributed by atoms with Crippen LogP contribution in [-0.4, -0.2) is 48.8 Å². The number of rotatable bonds is 4. The van der Waals surface area contributed by atoms with E-state index in [-0.39, 0.29) is 29.7 Å². The van der Waals surface area contributed by atoms with Crippen LogP contribution in [0.3, 0.4) is 0 Å². The Kier molecular flexibility index (Phi) is 8.11. The molecule has 1 aromatic carbocycles. The molecule has 3 rings (SSSR count). The lowest BCUT2D eigenvalue weighted by molar-refractivity contribution is 0.181. The van der Waals surface area contributed by atoms with Crippen LogP contribution in [0.15, 0.2) is 53.7 Å². The highest BCUT2D eigenvalue weighted by Gasteiger charge is 2.28. The number of aromatic nitrogens is 1. The maximum Gasteiger partial charge on any atom is 0.244 e. The van der Waals surface area contributed by atoms with E-state index in [0.717, 1.165) is 17.8 Å². The summed E-state index contributed by atoms with van der Waals surface area (Å²) >= 11 is 0. The molecule has 0 bridgehead atoms. The number of hydrogen-bond donors (Lipinski definition) is 1. The maximum absolute atomic E-state index is 12.5. The van der Waals surface area contributed by atoms with Crippen LogP contribution >= 0.6 is 24.8 Å². The quantitative estimate of drug-likeness (QED) is 0.788. The van der Waals surface area contributed by atoms with E-state index >= 15 is 0 Å². The maximum atomic E-state index is 12.5. The summed E-state index contributed by atoms with van der Waals surface area (Å²) in [5, 5.41) is 0. The van der Waals surface area contributed by atoms with Crippen LogP contribution in [0.4, 0.5) is 5.69 Å². The van der Waals surface area contributed by atoms with E-state index < -0.39 is 10.0 Å². The number of nitrogens with two attached hydrogens (primary N) is 1. The molecule has 1 aliphatic heterocycles. The van der Waals surface area contributed by atoms with Gasteiger partial charge in [-0.25, -0.2) is 8.42 Å². The van der Waals surface area contributed by atoms with Crippen molar-refractivity contribution in [3.05, 3.63) is 54.4 Å². The van der Waals surface area contributed by atoms with Crippen LogP contribution in [0.5, 0.6) is 0 Å². The van der Waals surface area contributed by atoms with Crippen LogP contribution in [0.2, 0.25) is 0 Å². The summed E-state index contributed by atoms with van der Waals surface area (Å²) in [4.78, 5) is 6.39. The molecule has 138 valence electrons. The van der Waals surface area contributed by atoms with Gasteiger partial charge in [0, 0.05) is 50.8 Å². The van der Waals surface area contributed by atoms with Gasteiger partial charge < -0.3 is 5.73 Å². The number of piperazine rings is 1. The fourth-order valence-electron chi connectivity index (χ4n) is 2.73. The Morgan fingerprint density at radius 3 is 2.36 bits per heavy atom. The minimum atomic E-state index is -3.44. The summed E-state index contributed by atoms with van der Waals surface area (Å²) in [6.45, 7) is 3.16. The van der Waals surface area contributed by atoms with Crippen LogP contribution in [0.25, 0.3) is 0 Å². The number of pyridine rings is 1. The third-order valence-corrected chi connectivity index (χ3v) is 5.84. The van der Waals surface area contributed by atoms with Crippen molar-refractivity contribution in [3.8, 4) is 0 Å². The number of nitrogen functional groups attached to an aromatic ring is 1. The lowest BCUT2D eigenvalue weighted by atomic mass is 10.2. The second kappa shape index (κ2) is 9.35. The van der Waals surface area contributed by atoms with E-state index in [0.29, 0.717) is 26.2 Å². The van der Waals surface area contributed by atoms with Crippen molar-refractivity contribution in [1.29, 1.82) is 0 Å². The van der Waals surface area contributed by atoms with Crippen molar-refractivity contribution in [2.24, 2.45) is 0 Å². The predicted octanol–water partition coefficient (Wildman–Crippen LogP) is 2.01. The Balaban J connectivity index is 0.00000156. The fourth-order valence-corrected chi connectivity index (χ4v) is 4.11. The van der Waals surface area contributed by atoms with Crippen LogP contribution in [0, 0.1) is 0 Å². The average molecular weight is 405 g/mol. The summed E-state index contributed by atoms with van der Waals surface area (Å²) in [7, 11) is -3.44. The molecule has 0 amide bonds. The summed E-state index contributed by atoms with van der Waals surface area (Å²) < 4.78 is 26.6. The molecule has 6 nitrogen and oxygen atoms in total. The van der Waals surface area contributed by atoms with E-state index in [4.69, 9.17) is 5.73 Å². The lowest BCUT2D eigenvalue weighted by Gasteiger charge is -2.33. The fraction of sp³-hybridized carbons (Fsp3) is 0.312. The van der Waals surface area contributed by atoms with Crippen molar-refractivity contribution < 1.29 is 8.42 Å². The van der Waals surface area contributed by atoms with Crippen molar-refractivity contribution in [3.63, 3.8) is 0 Å². The van der Waals surface area contributed by atoms with Crippen LogP contribution < -0.4 is 5.73 Å². The monoisotopic (exact) mass is 404 g/mol. The van der Waals surface area contributed by atoms with Crippen molar-refractivity contribution in [2.45, 2.75) is 11.4 Å². The molecule has 9 heteroatoms. The van der Waals surface area contributed by atoms with Crippen LogP contribution in [-0.2, 0) is 16.6 Å². The molecule has 25 heavy (non-hydrogen) atoms. The van der Waals surface area contributed by atoms with E-state index in [1.807, 2.05) is 24.3 Å². The minimum Gasteiger partial charge on any atom is -0.399 e. The van der Waals surface area contributed by atoms with Gasteiger partial charge in [0.15, 0.2) is 0 Å². The predicted molar refractivity (Wildman–Crippen MR) is 104 cm³/mol. The highest BCUT2D eigenvalue weighted by Crippen LogP contribution is 2.18. The minimum absolute atomic E-state index is 0. The molecule has 0 radical (unpaired) electrons. The summed E-state index contributed by atoms with van der Waals surface area (Å²) in [6, 6.07) is 11.0. The topological polar surface area (TPSA) is 79.5 Å². The number of sulfonamides is 1. The first-order chi connectivity index (χ1) is 11.1. The Morgan fingerprint density at radius 1 is 1.04 bits per heavy atom. The molecule has 0 aliphatic carbocycles. The first-order valence-corrected chi connectivity index (χ1v) is 8.97. The Hall–Kier alpha value is -1.38. The number of anilines is 1. The van der Waals surface area contributed by atoms with Gasteiger partial charge >= 0.3 is 0 Å². The van der Waals surface area contributed by atoms with E-state index in [2.05, 4.69) is 9.88 Å². The van der Waals surface area contributed by atoms with Gasteiger partial charge in [-0.05, 0) is 29.8 Å². The first-order valence-electron chi connectivity index (χ1n) is 7.53. The van der Waals surface area contributed by atoms with Gasteiger partial charge in [-0.2, -0.15) is 4.31 Å². The SMILES string of the molecule is Cl.Cl.Nc1cccc(CN2CCN(S(=O)(=O)c3cccnc3)CC2)c1. The molecule has 1 aromatic heterocycles. The first kappa shape index (κ1) is 21.7. The van der Waals surface area contributed by atoms with Crippen molar-refractivity contribution >= 4 is 40.5 Å². The largest absolute Gasteiger partial charge is 0.399 e. The Labute approximate surface area is 160 Å². The van der Waals surface area contributed by atoms with Gasteiger partial charge in [0.1, 0.15) is 4.90 Å². The molecule has 1 aliphatic rings. The molecule has 0 spiro atoms. The molecule has 2 aromatic rings. The number of halogens is 2. The zero-order chi connectivity index (χ0) is 16.3. The third kappa shape index (κ3) is 5.29. The molecule has 2 N–H and O–H groups in total. The van der Waals surface area contributed by atoms with Gasteiger partial charge in [0.05, 0.1) is 0 Å². The Morgan fingerprint density at radius 2 is 1.76 bits per heavy atom. The second-order valence-electron chi connectivity index (χ2n) is 5.61. The van der Waals surface area contributed by atoms with Crippen LogP contribution in [0.1, 0.15) is 5.56 Å². The highest BCUT2D eigenvalue weighted by molar-refractivity contribution is 7.89. The molecule has 0 saturated carbocycles. The number of benzene rings is 1. The molecular formula is C16H22Cl2N4O2S. The number of nitrogens with zero attached hydrogens (tertiary/aromatic N) is 3. The molecular weight excluding hydrogens is 383 g/mol. The molecule has 0 atom stereocenters. The molecule has 1 saturated heterocycles. The van der Waals surface area contributed by atoms with Gasteiger partial charge in [0.25, 0.3) is 0 Å². The van der Waals surface area contributed by atoms with Gasteiger partial charge in [0.2, 0.25) is 10.0 Å². The molecule has 0 unspecified atom stereocenters. The summed E-state index contributed by atoms with van der Waals surface area (Å²) in [5.74, 6) is 0. The molecule has 1 fully saturated rings. The average Bonchev–Trinajstić information content (AvgIpc) is 2.56. The zero-order valence-electron chi connectivity index (χ0n) is 13.6. The van der Waals surface area contributed by atoms with E-state index in [1.165, 1.54) is 10.5 Å². The number of hydrogen-bond acceptors (Lipinski definition) is 5. The Bertz CT molecular complexity index is 767. The molecule has 2 heterocycles. The summed E-state index contributed by atoms with van der Waals surface area (Å²) in [6.07, 6.45) is 2.97. The van der Waals surface area contributed by atoms with Gasteiger partial charge in [-0.3, -0.25) is 9.88 Å². The van der Waals surface area contributed by atoms with Crippen molar-refractivity contribution in [1.82, 2.24) is 14.2 Å². The zero-order valence-corrected chi connectivity index (χ0v) is 16.1. The lowest BCUT2D eigenvalue weighted by Crippen LogP contribution is -2.48. The standard InChI is InChI=1S/C16H20N4O2S.2ClH/c17-15-4-1-3-14(11-15)13-19-7-9-20(10-8-19)23(21,22)16-5-2-6-18-12-16;;/h1-6,11-12H,7-10,13,17H2;2*1H.